The maximum Gasteiger partial charge on any atom is 0.338 e. The van der Waals surface area contributed by atoms with E-state index in [4.69, 9.17) is 13.9 Å². The number of carbonyl (C=O) groups excluding carboxylic acids is 1. The average molecular weight is 457 g/mol. The van der Waals surface area contributed by atoms with Crippen LogP contribution in [0.5, 0.6) is 5.75 Å². The van der Waals surface area contributed by atoms with Crippen molar-refractivity contribution in [2.75, 3.05) is 20.2 Å². The van der Waals surface area contributed by atoms with E-state index in [2.05, 4.69) is 4.98 Å². The zero-order chi connectivity index (χ0) is 22.7. The van der Waals surface area contributed by atoms with Gasteiger partial charge < -0.3 is 13.9 Å². The Hall–Kier alpha value is -3.17. The van der Waals surface area contributed by atoms with Crippen molar-refractivity contribution in [3.63, 3.8) is 0 Å². The third-order valence-corrected chi connectivity index (χ3v) is 7.20. The lowest BCUT2D eigenvalue weighted by molar-refractivity contribution is 0.0467. The van der Waals surface area contributed by atoms with E-state index in [9.17, 15) is 13.2 Å². The summed E-state index contributed by atoms with van der Waals surface area (Å²) in [5.74, 6) is -0.0439. The van der Waals surface area contributed by atoms with Gasteiger partial charge in [0.05, 0.1) is 12.7 Å². The minimum absolute atomic E-state index is 0.0422. The van der Waals surface area contributed by atoms with Crippen LogP contribution in [0.3, 0.4) is 0 Å². The van der Waals surface area contributed by atoms with Crippen LogP contribution in [0.15, 0.2) is 58.0 Å². The van der Waals surface area contributed by atoms with E-state index in [-0.39, 0.29) is 22.8 Å². The number of esters is 1. The SMILES string of the molecule is COc1ccc(C(=O)OCc2coc(-c3ccc(C)cc3)n2)cc1S(=O)(=O)N1CCCC1. The van der Waals surface area contributed by atoms with Crippen molar-refractivity contribution >= 4 is 16.0 Å². The molecule has 0 spiro atoms. The minimum atomic E-state index is -3.76. The van der Waals surface area contributed by atoms with Crippen LogP contribution in [0.2, 0.25) is 0 Å². The Kier molecular flexibility index (Phi) is 6.29. The smallest absolute Gasteiger partial charge is 0.338 e. The first kappa shape index (κ1) is 22.0. The summed E-state index contributed by atoms with van der Waals surface area (Å²) >= 11 is 0. The number of carbonyl (C=O) groups is 1. The van der Waals surface area contributed by atoms with E-state index in [1.54, 1.807) is 0 Å². The summed E-state index contributed by atoms with van der Waals surface area (Å²) in [5, 5.41) is 0. The average Bonchev–Trinajstić information content (AvgIpc) is 3.50. The molecule has 1 fully saturated rings. The molecule has 168 valence electrons. The van der Waals surface area contributed by atoms with Gasteiger partial charge in [0.15, 0.2) is 0 Å². The van der Waals surface area contributed by atoms with E-state index in [0.29, 0.717) is 24.7 Å². The Balaban J connectivity index is 1.49. The van der Waals surface area contributed by atoms with Crippen molar-refractivity contribution < 1.29 is 27.1 Å². The number of hydrogen-bond acceptors (Lipinski definition) is 7. The van der Waals surface area contributed by atoms with Crippen molar-refractivity contribution in [2.24, 2.45) is 0 Å². The van der Waals surface area contributed by atoms with Crippen LogP contribution < -0.4 is 4.74 Å². The summed E-state index contributed by atoms with van der Waals surface area (Å²) in [7, 11) is -2.37. The van der Waals surface area contributed by atoms with E-state index in [1.165, 1.54) is 35.9 Å². The number of sulfonamides is 1. The van der Waals surface area contributed by atoms with Crippen LogP contribution in [-0.2, 0) is 21.4 Å². The van der Waals surface area contributed by atoms with Gasteiger partial charge in [-0.25, -0.2) is 18.2 Å². The normalized spacial score (nSPS) is 14.4. The fourth-order valence-corrected chi connectivity index (χ4v) is 5.20. The van der Waals surface area contributed by atoms with Gasteiger partial charge in [0.25, 0.3) is 0 Å². The summed E-state index contributed by atoms with van der Waals surface area (Å²) in [4.78, 5) is 16.9. The molecule has 4 rings (SSSR count). The summed E-state index contributed by atoms with van der Waals surface area (Å²) in [5.41, 5.74) is 2.51. The molecule has 0 bridgehead atoms. The number of aromatic nitrogens is 1. The van der Waals surface area contributed by atoms with Gasteiger partial charge in [-0.1, -0.05) is 17.7 Å². The molecule has 2 aromatic carbocycles. The molecule has 0 radical (unpaired) electrons. The van der Waals surface area contributed by atoms with Crippen LogP contribution in [0.4, 0.5) is 0 Å². The molecule has 0 atom stereocenters. The van der Waals surface area contributed by atoms with Gasteiger partial charge >= 0.3 is 5.97 Å². The summed E-state index contributed by atoms with van der Waals surface area (Å²) in [6, 6.07) is 12.0. The predicted octanol–water partition coefficient (Wildman–Crippen LogP) is 3.80. The van der Waals surface area contributed by atoms with Crippen LogP contribution >= 0.6 is 0 Å². The highest BCUT2D eigenvalue weighted by atomic mass is 32.2. The van der Waals surface area contributed by atoms with Crippen molar-refractivity contribution in [1.29, 1.82) is 0 Å². The second-order valence-corrected chi connectivity index (χ2v) is 9.47. The van der Waals surface area contributed by atoms with Crippen LogP contribution in [-0.4, -0.2) is 43.9 Å². The second kappa shape index (κ2) is 9.13. The third kappa shape index (κ3) is 4.53. The van der Waals surface area contributed by atoms with E-state index in [1.807, 2.05) is 31.2 Å². The minimum Gasteiger partial charge on any atom is -0.495 e. The van der Waals surface area contributed by atoms with E-state index < -0.39 is 16.0 Å². The molecule has 1 aromatic heterocycles. The molecule has 1 aliphatic heterocycles. The summed E-state index contributed by atoms with van der Waals surface area (Å²) in [6.07, 6.45) is 3.05. The van der Waals surface area contributed by atoms with Gasteiger partial charge in [-0.15, -0.1) is 0 Å². The van der Waals surface area contributed by atoms with Gasteiger partial charge in [0.1, 0.15) is 29.2 Å². The fraction of sp³-hybridized carbons (Fsp3) is 0.304. The fourth-order valence-electron chi connectivity index (χ4n) is 3.50. The first-order valence-electron chi connectivity index (χ1n) is 10.3. The van der Waals surface area contributed by atoms with Crippen molar-refractivity contribution in [2.45, 2.75) is 31.3 Å². The molecule has 1 saturated heterocycles. The molecule has 8 nitrogen and oxygen atoms in total. The monoisotopic (exact) mass is 456 g/mol. The Morgan fingerprint density at radius 1 is 1.12 bits per heavy atom. The van der Waals surface area contributed by atoms with Crippen LogP contribution in [0.1, 0.15) is 34.5 Å². The first-order valence-corrected chi connectivity index (χ1v) is 11.7. The standard InChI is InChI=1S/C23H24N2O6S/c1-16-5-7-17(8-6-16)22-24-19(14-30-22)15-31-23(26)18-9-10-20(29-2)21(13-18)32(27,28)25-11-3-4-12-25/h5-10,13-14H,3-4,11-12,15H2,1-2H3. The zero-order valence-corrected chi connectivity index (χ0v) is 18.7. The number of aryl methyl sites for hydroxylation is 1. The number of benzene rings is 2. The lowest BCUT2D eigenvalue weighted by atomic mass is 10.1. The van der Waals surface area contributed by atoms with E-state index in [0.717, 1.165) is 24.0 Å². The van der Waals surface area contributed by atoms with Gasteiger partial charge in [0.2, 0.25) is 15.9 Å². The number of oxazole rings is 1. The van der Waals surface area contributed by atoms with Gasteiger partial charge in [-0.05, 0) is 50.1 Å². The van der Waals surface area contributed by atoms with E-state index >= 15 is 0 Å². The molecule has 0 unspecified atom stereocenters. The van der Waals surface area contributed by atoms with Crippen LogP contribution in [0, 0.1) is 6.92 Å². The lowest BCUT2D eigenvalue weighted by Crippen LogP contribution is -2.28. The Bertz CT molecular complexity index is 1210. The van der Waals surface area contributed by atoms with Crippen molar-refractivity contribution in [3.05, 3.63) is 65.5 Å². The molecule has 0 saturated carbocycles. The highest BCUT2D eigenvalue weighted by Gasteiger charge is 2.31. The molecular weight excluding hydrogens is 432 g/mol. The predicted molar refractivity (Wildman–Crippen MR) is 117 cm³/mol. The molecule has 9 heteroatoms. The first-order chi connectivity index (χ1) is 15.4. The largest absolute Gasteiger partial charge is 0.495 e. The molecule has 3 aromatic rings. The van der Waals surface area contributed by atoms with Crippen molar-refractivity contribution in [1.82, 2.24) is 9.29 Å². The number of hydrogen-bond donors (Lipinski definition) is 0. The number of methoxy groups -OCH3 is 1. The number of rotatable bonds is 7. The molecule has 32 heavy (non-hydrogen) atoms. The molecular formula is C23H24N2O6S. The second-order valence-electron chi connectivity index (χ2n) is 7.56. The quantitative estimate of drug-likeness (QED) is 0.499. The number of nitrogens with zero attached hydrogens (tertiary/aromatic N) is 2. The third-order valence-electron chi connectivity index (χ3n) is 5.28. The number of ether oxygens (including phenoxy) is 2. The molecule has 2 heterocycles. The zero-order valence-electron chi connectivity index (χ0n) is 17.9. The highest BCUT2D eigenvalue weighted by Crippen LogP contribution is 2.30. The Labute approximate surface area is 186 Å². The van der Waals surface area contributed by atoms with Gasteiger partial charge in [-0.3, -0.25) is 0 Å². The highest BCUT2D eigenvalue weighted by molar-refractivity contribution is 7.89. The van der Waals surface area contributed by atoms with Gasteiger partial charge in [0, 0.05) is 18.7 Å². The molecule has 0 N–H and O–H groups in total. The Morgan fingerprint density at radius 2 is 1.84 bits per heavy atom. The lowest BCUT2D eigenvalue weighted by Gasteiger charge is -2.18. The maximum atomic E-state index is 13.0. The summed E-state index contributed by atoms with van der Waals surface area (Å²) in [6.45, 7) is 2.80. The summed E-state index contributed by atoms with van der Waals surface area (Å²) < 4.78 is 43.4. The molecule has 0 amide bonds. The topological polar surface area (TPSA) is 98.9 Å². The molecule has 0 aliphatic carbocycles. The Morgan fingerprint density at radius 3 is 2.53 bits per heavy atom. The van der Waals surface area contributed by atoms with Crippen LogP contribution in [0.25, 0.3) is 11.5 Å². The van der Waals surface area contributed by atoms with Crippen molar-refractivity contribution in [3.8, 4) is 17.2 Å². The maximum absolute atomic E-state index is 13.0. The molecule has 1 aliphatic rings. The van der Waals surface area contributed by atoms with Gasteiger partial charge in [-0.2, -0.15) is 4.31 Å².